The normalized spacial score (nSPS) is 18.8. The predicted molar refractivity (Wildman–Crippen MR) is 119 cm³/mol. The van der Waals surface area contributed by atoms with Gasteiger partial charge in [0.2, 0.25) is 5.91 Å². The van der Waals surface area contributed by atoms with E-state index in [9.17, 15) is 14.0 Å². The molecule has 1 N–H and O–H groups in total. The fraction of sp³-hybridized carbons (Fsp3) is 0.440. The first kappa shape index (κ1) is 22.9. The van der Waals surface area contributed by atoms with Crippen molar-refractivity contribution in [2.45, 2.75) is 51.7 Å². The minimum atomic E-state index is -1.18. The summed E-state index contributed by atoms with van der Waals surface area (Å²) in [6.45, 7) is 6.77. The molecule has 0 unspecified atom stereocenters. The number of nitrogens with zero attached hydrogens (tertiary/aromatic N) is 1. The van der Waals surface area contributed by atoms with Crippen LogP contribution in [0.15, 0.2) is 48.5 Å². The highest BCUT2D eigenvalue weighted by molar-refractivity contribution is 5.88. The van der Waals surface area contributed by atoms with E-state index in [1.165, 1.54) is 12.1 Å². The van der Waals surface area contributed by atoms with Gasteiger partial charge < -0.3 is 15.0 Å². The van der Waals surface area contributed by atoms with Gasteiger partial charge in [0.1, 0.15) is 5.82 Å². The van der Waals surface area contributed by atoms with Crippen LogP contribution < -0.4 is 5.32 Å². The number of ether oxygens (including phenoxy) is 1. The fourth-order valence-electron chi connectivity index (χ4n) is 3.98. The summed E-state index contributed by atoms with van der Waals surface area (Å²) in [5.41, 5.74) is 1.52. The maximum Gasteiger partial charge on any atom is 0.254 e. The molecule has 31 heavy (non-hydrogen) atoms. The molecule has 0 saturated carbocycles. The monoisotopic (exact) mass is 426 g/mol. The summed E-state index contributed by atoms with van der Waals surface area (Å²) < 4.78 is 19.6. The van der Waals surface area contributed by atoms with Crippen molar-refractivity contribution >= 4 is 11.8 Å². The van der Waals surface area contributed by atoms with E-state index in [-0.39, 0.29) is 30.2 Å². The summed E-state index contributed by atoms with van der Waals surface area (Å²) in [5, 5.41) is 2.98. The van der Waals surface area contributed by atoms with Crippen molar-refractivity contribution in [2.24, 2.45) is 0 Å². The molecular weight excluding hydrogens is 395 g/mol. The van der Waals surface area contributed by atoms with Gasteiger partial charge in [-0.25, -0.2) is 4.39 Å². The summed E-state index contributed by atoms with van der Waals surface area (Å²) in [5.74, 6) is -0.473. The molecule has 0 spiro atoms. The smallest absolute Gasteiger partial charge is 0.254 e. The molecule has 0 aliphatic carbocycles. The number of hydrogen-bond acceptors (Lipinski definition) is 3. The average molecular weight is 427 g/mol. The van der Waals surface area contributed by atoms with Crippen LogP contribution in [0.3, 0.4) is 0 Å². The lowest BCUT2D eigenvalue weighted by Gasteiger charge is -2.42. The van der Waals surface area contributed by atoms with Crippen molar-refractivity contribution in [3.05, 3.63) is 59.9 Å². The lowest BCUT2D eigenvalue weighted by Crippen LogP contribution is -2.62. The van der Waals surface area contributed by atoms with E-state index in [4.69, 9.17) is 4.74 Å². The van der Waals surface area contributed by atoms with Gasteiger partial charge in [0.05, 0.1) is 13.2 Å². The number of halogens is 1. The van der Waals surface area contributed by atoms with Crippen LogP contribution in [0.25, 0.3) is 11.1 Å². The number of morpholine rings is 1. The standard InChI is InChI=1S/C25H31FN2O3/c1-4-7-23(29)28-14-15-31-25(17-28,24(30)27-18(2)3)16-20-8-5-6-9-22(20)19-10-12-21(26)13-11-19/h5-6,8-13,18H,4,7,14-17H2,1-3H3,(H,27,30)/t25-/m1/s1. The first-order chi connectivity index (χ1) is 14.8. The highest BCUT2D eigenvalue weighted by Gasteiger charge is 2.45. The summed E-state index contributed by atoms with van der Waals surface area (Å²) in [6, 6.07) is 14.0. The van der Waals surface area contributed by atoms with Gasteiger partial charge in [0.15, 0.2) is 5.60 Å². The van der Waals surface area contributed by atoms with E-state index in [0.29, 0.717) is 26.0 Å². The first-order valence-electron chi connectivity index (χ1n) is 10.9. The Balaban J connectivity index is 1.97. The lowest BCUT2D eigenvalue weighted by atomic mass is 9.87. The van der Waals surface area contributed by atoms with E-state index in [1.807, 2.05) is 45.0 Å². The molecule has 2 aromatic carbocycles. The zero-order chi connectivity index (χ0) is 22.4. The molecular formula is C25H31FN2O3. The maximum atomic E-state index is 13.4. The highest BCUT2D eigenvalue weighted by Crippen LogP contribution is 2.31. The summed E-state index contributed by atoms with van der Waals surface area (Å²) in [7, 11) is 0. The van der Waals surface area contributed by atoms with E-state index in [2.05, 4.69) is 5.32 Å². The maximum absolute atomic E-state index is 13.4. The number of benzene rings is 2. The Labute approximate surface area is 183 Å². The van der Waals surface area contributed by atoms with Gasteiger partial charge in [-0.3, -0.25) is 9.59 Å². The Kier molecular flexibility index (Phi) is 7.44. The number of hydrogen-bond donors (Lipinski definition) is 1. The van der Waals surface area contributed by atoms with Crippen LogP contribution in [-0.4, -0.2) is 48.1 Å². The van der Waals surface area contributed by atoms with Gasteiger partial charge in [0.25, 0.3) is 5.91 Å². The molecule has 6 heteroatoms. The minimum Gasteiger partial charge on any atom is -0.361 e. The second-order valence-electron chi connectivity index (χ2n) is 8.38. The molecule has 1 aliphatic rings. The molecule has 2 amide bonds. The predicted octanol–water partition coefficient (Wildman–Crippen LogP) is 3.96. The van der Waals surface area contributed by atoms with Crippen LogP contribution in [0.2, 0.25) is 0 Å². The van der Waals surface area contributed by atoms with Crippen LogP contribution in [0.1, 0.15) is 39.2 Å². The van der Waals surface area contributed by atoms with E-state index in [1.54, 1.807) is 17.0 Å². The Morgan fingerprint density at radius 1 is 1.16 bits per heavy atom. The van der Waals surface area contributed by atoms with Crippen LogP contribution in [-0.2, 0) is 20.7 Å². The van der Waals surface area contributed by atoms with Gasteiger partial charge in [0, 0.05) is 25.4 Å². The highest BCUT2D eigenvalue weighted by atomic mass is 19.1. The first-order valence-corrected chi connectivity index (χ1v) is 10.9. The summed E-state index contributed by atoms with van der Waals surface area (Å²) in [6.07, 6.45) is 1.53. The number of carbonyl (C=O) groups excluding carboxylic acids is 2. The summed E-state index contributed by atoms with van der Waals surface area (Å²) >= 11 is 0. The third kappa shape index (κ3) is 5.50. The van der Waals surface area contributed by atoms with Crippen molar-refractivity contribution in [2.75, 3.05) is 19.7 Å². The minimum absolute atomic E-state index is 0.0411. The Bertz CT molecular complexity index is 913. The molecule has 2 aromatic rings. The van der Waals surface area contributed by atoms with Crippen molar-refractivity contribution in [1.82, 2.24) is 10.2 Å². The number of nitrogens with one attached hydrogen (secondary N) is 1. The molecule has 0 radical (unpaired) electrons. The number of carbonyl (C=O) groups is 2. The Morgan fingerprint density at radius 2 is 1.87 bits per heavy atom. The molecule has 0 bridgehead atoms. The molecule has 166 valence electrons. The number of rotatable bonds is 7. The second-order valence-corrected chi connectivity index (χ2v) is 8.38. The van der Waals surface area contributed by atoms with Crippen LogP contribution >= 0.6 is 0 Å². The van der Waals surface area contributed by atoms with Crippen molar-refractivity contribution in [1.29, 1.82) is 0 Å². The largest absolute Gasteiger partial charge is 0.361 e. The van der Waals surface area contributed by atoms with Crippen molar-refractivity contribution in [3.63, 3.8) is 0 Å². The molecule has 1 fully saturated rings. The van der Waals surface area contributed by atoms with Crippen LogP contribution in [0.5, 0.6) is 0 Å². The molecule has 1 atom stereocenters. The zero-order valence-corrected chi connectivity index (χ0v) is 18.5. The third-order valence-corrected chi connectivity index (χ3v) is 5.48. The molecule has 1 heterocycles. The van der Waals surface area contributed by atoms with Crippen LogP contribution in [0, 0.1) is 5.82 Å². The molecule has 5 nitrogen and oxygen atoms in total. The van der Waals surface area contributed by atoms with Crippen molar-refractivity contribution in [3.8, 4) is 11.1 Å². The Morgan fingerprint density at radius 3 is 2.55 bits per heavy atom. The molecule has 1 aliphatic heterocycles. The lowest BCUT2D eigenvalue weighted by molar-refractivity contribution is -0.166. The van der Waals surface area contributed by atoms with Crippen molar-refractivity contribution < 1.29 is 18.7 Å². The molecule has 1 saturated heterocycles. The van der Waals surface area contributed by atoms with Gasteiger partial charge >= 0.3 is 0 Å². The quantitative estimate of drug-likeness (QED) is 0.729. The summed E-state index contributed by atoms with van der Waals surface area (Å²) in [4.78, 5) is 27.7. The average Bonchev–Trinajstić information content (AvgIpc) is 2.75. The molecule has 3 rings (SSSR count). The zero-order valence-electron chi connectivity index (χ0n) is 18.5. The van der Waals surface area contributed by atoms with E-state index >= 15 is 0 Å². The third-order valence-electron chi connectivity index (χ3n) is 5.48. The van der Waals surface area contributed by atoms with Crippen LogP contribution in [0.4, 0.5) is 4.39 Å². The topological polar surface area (TPSA) is 58.6 Å². The van der Waals surface area contributed by atoms with Gasteiger partial charge in [-0.15, -0.1) is 0 Å². The van der Waals surface area contributed by atoms with Gasteiger partial charge in [-0.2, -0.15) is 0 Å². The number of amides is 2. The van der Waals surface area contributed by atoms with Gasteiger partial charge in [-0.1, -0.05) is 43.3 Å². The Hall–Kier alpha value is -2.73. The van der Waals surface area contributed by atoms with E-state index < -0.39 is 5.60 Å². The molecule has 0 aromatic heterocycles. The van der Waals surface area contributed by atoms with E-state index in [0.717, 1.165) is 23.1 Å². The van der Waals surface area contributed by atoms with Gasteiger partial charge in [-0.05, 0) is 49.1 Å². The second kappa shape index (κ2) is 10.1. The fourth-order valence-corrected chi connectivity index (χ4v) is 3.98. The SMILES string of the molecule is CCCC(=O)N1CCO[C@@](Cc2ccccc2-c2ccc(F)cc2)(C(=O)NC(C)C)C1.